The van der Waals surface area contributed by atoms with Gasteiger partial charge in [0.05, 0.1) is 33.8 Å². The van der Waals surface area contributed by atoms with Crippen molar-refractivity contribution >= 4 is 43.6 Å². The maximum absolute atomic E-state index is 5.05. The Morgan fingerprint density at radius 1 is 0.475 bits per heavy atom. The minimum absolute atomic E-state index is 0.672. The van der Waals surface area contributed by atoms with Crippen LogP contribution in [0.15, 0.2) is 110 Å². The molecule has 8 aromatic rings. The van der Waals surface area contributed by atoms with Crippen molar-refractivity contribution < 1.29 is 0 Å². The highest BCUT2D eigenvalue weighted by atomic mass is 14.9. The molecule has 0 aliphatic carbocycles. The molecular weight excluding hydrogens is 496 g/mol. The first-order valence-electron chi connectivity index (χ1n) is 12.7. The minimum atomic E-state index is 0.672. The molecule has 0 spiro atoms. The molecule has 0 bridgehead atoms. The Hall–Kier alpha value is -5.76. The fourth-order valence-electron chi connectivity index (χ4n) is 5.20. The van der Waals surface area contributed by atoms with Gasteiger partial charge in [0.15, 0.2) is 5.65 Å². The van der Waals surface area contributed by atoms with E-state index in [0.717, 1.165) is 66.2 Å². The van der Waals surface area contributed by atoms with Crippen molar-refractivity contribution in [1.29, 1.82) is 0 Å². The molecule has 0 unspecified atom stereocenters. The van der Waals surface area contributed by atoms with Crippen molar-refractivity contribution in [3.8, 4) is 33.9 Å². The number of nitrogens with zero attached hydrogens (tertiary/aromatic N) is 8. The molecule has 0 N–H and O–H groups in total. The largest absolute Gasteiger partial charge is 0.264 e. The highest BCUT2D eigenvalue weighted by molar-refractivity contribution is 6.11. The smallest absolute Gasteiger partial charge is 0.159 e. The molecule has 0 fully saturated rings. The van der Waals surface area contributed by atoms with Gasteiger partial charge in [-0.2, -0.15) is 0 Å². The third-order valence-corrected chi connectivity index (χ3v) is 7.04. The van der Waals surface area contributed by atoms with E-state index >= 15 is 0 Å². The van der Waals surface area contributed by atoms with Crippen molar-refractivity contribution in [3.05, 3.63) is 110 Å². The average Bonchev–Trinajstić information content (AvgIpc) is 3.03. The molecule has 8 nitrogen and oxygen atoms in total. The molecule has 0 amide bonds. The number of pyridine rings is 8. The zero-order valence-corrected chi connectivity index (χ0v) is 21.0. The lowest BCUT2D eigenvalue weighted by atomic mass is 9.94. The van der Waals surface area contributed by atoms with E-state index in [9.17, 15) is 0 Å². The summed E-state index contributed by atoms with van der Waals surface area (Å²) in [5, 5.41) is 4.71. The molecular formula is C32H18N8. The topological polar surface area (TPSA) is 103 Å². The third kappa shape index (κ3) is 3.54. The van der Waals surface area contributed by atoms with Crippen LogP contribution in [-0.4, -0.2) is 39.9 Å². The van der Waals surface area contributed by atoms with Crippen LogP contribution in [0.3, 0.4) is 0 Å². The lowest BCUT2D eigenvalue weighted by Crippen LogP contribution is -1.99. The third-order valence-electron chi connectivity index (χ3n) is 7.04. The number of hydrogen-bond donors (Lipinski definition) is 0. The fourth-order valence-corrected chi connectivity index (χ4v) is 5.20. The van der Waals surface area contributed by atoms with E-state index in [4.69, 9.17) is 19.9 Å². The van der Waals surface area contributed by atoms with Crippen LogP contribution in [0.5, 0.6) is 0 Å². The second-order valence-electron chi connectivity index (χ2n) is 9.37. The molecule has 0 aromatic carbocycles. The molecule has 0 aliphatic rings. The zero-order valence-electron chi connectivity index (χ0n) is 21.0. The maximum Gasteiger partial charge on any atom is 0.159 e. The predicted octanol–water partition coefficient (Wildman–Crippen LogP) is 6.46. The first-order valence-corrected chi connectivity index (χ1v) is 12.7. The van der Waals surface area contributed by atoms with Crippen LogP contribution in [-0.2, 0) is 0 Å². The summed E-state index contributed by atoms with van der Waals surface area (Å²) in [5.41, 5.74) is 6.98. The van der Waals surface area contributed by atoms with Crippen LogP contribution in [0, 0.1) is 0 Å². The Balaban J connectivity index is 1.51. The van der Waals surface area contributed by atoms with Gasteiger partial charge in [-0.25, -0.2) is 15.0 Å². The van der Waals surface area contributed by atoms with Crippen LogP contribution >= 0.6 is 0 Å². The molecule has 0 saturated carbocycles. The van der Waals surface area contributed by atoms with E-state index in [-0.39, 0.29) is 0 Å². The zero-order chi connectivity index (χ0) is 26.5. The summed E-state index contributed by atoms with van der Waals surface area (Å²) in [6, 6.07) is 19.7. The van der Waals surface area contributed by atoms with Gasteiger partial charge in [-0.05, 0) is 60.7 Å². The average molecular weight is 515 g/mol. The Morgan fingerprint density at radius 2 is 1.38 bits per heavy atom. The second-order valence-corrected chi connectivity index (χ2v) is 9.37. The molecule has 8 rings (SSSR count). The van der Waals surface area contributed by atoms with Crippen LogP contribution in [0.1, 0.15) is 0 Å². The summed E-state index contributed by atoms with van der Waals surface area (Å²) in [6.45, 7) is 0. The predicted molar refractivity (Wildman–Crippen MR) is 155 cm³/mol. The van der Waals surface area contributed by atoms with Crippen LogP contribution in [0.4, 0.5) is 0 Å². The first kappa shape index (κ1) is 22.2. The normalized spacial score (nSPS) is 11.5. The summed E-state index contributed by atoms with van der Waals surface area (Å²) in [4.78, 5) is 37.5. The number of hydrogen-bond acceptors (Lipinski definition) is 8. The van der Waals surface area contributed by atoms with Crippen molar-refractivity contribution in [2.24, 2.45) is 0 Å². The first-order chi connectivity index (χ1) is 19.8. The van der Waals surface area contributed by atoms with Crippen LogP contribution in [0.25, 0.3) is 77.5 Å². The van der Waals surface area contributed by atoms with Gasteiger partial charge in [0.25, 0.3) is 0 Å². The molecule has 0 aliphatic heterocycles. The molecule has 8 aromatic heterocycles. The fraction of sp³-hybridized carbons (Fsp3) is 0. The van der Waals surface area contributed by atoms with Crippen molar-refractivity contribution in [3.63, 3.8) is 0 Å². The van der Waals surface area contributed by atoms with E-state index in [1.54, 1.807) is 24.8 Å². The highest BCUT2D eigenvalue weighted by Crippen LogP contribution is 2.41. The van der Waals surface area contributed by atoms with Gasteiger partial charge < -0.3 is 0 Å². The molecule has 0 saturated heterocycles. The quantitative estimate of drug-likeness (QED) is 0.265. The van der Waals surface area contributed by atoms with E-state index in [2.05, 4.69) is 19.9 Å². The van der Waals surface area contributed by atoms with E-state index in [1.807, 2.05) is 85.5 Å². The molecule has 8 heteroatoms. The SMILES string of the molecule is c1cnc2nc(-c3cncc4cnc(-c5nccc6cnccc56)c(-c5ccc6ncccc6n5)c34)ccc2c1. The van der Waals surface area contributed by atoms with Gasteiger partial charge in [-0.3, -0.25) is 24.9 Å². The number of aromatic nitrogens is 8. The lowest BCUT2D eigenvalue weighted by Gasteiger charge is -2.16. The molecule has 186 valence electrons. The summed E-state index contributed by atoms with van der Waals surface area (Å²) in [5.74, 6) is 0. The van der Waals surface area contributed by atoms with Gasteiger partial charge in [-0.1, -0.05) is 0 Å². The maximum atomic E-state index is 5.05. The number of rotatable bonds is 3. The summed E-state index contributed by atoms with van der Waals surface area (Å²) in [6.07, 6.45) is 14.4. The standard InChI is InChI=1S/C32H18N8/c1-3-19-5-6-24(40-32(19)37-12-1)23-18-34-16-21-17-38-31(30-22-10-13-33-15-20(22)9-14-36-30)29(28(21)23)27-8-7-25-26(39-27)4-2-11-35-25/h1-18H. The van der Waals surface area contributed by atoms with E-state index in [1.165, 1.54) is 0 Å². The van der Waals surface area contributed by atoms with Crippen molar-refractivity contribution in [1.82, 2.24) is 39.9 Å². The van der Waals surface area contributed by atoms with Gasteiger partial charge in [-0.15, -0.1) is 0 Å². The molecule has 0 atom stereocenters. The van der Waals surface area contributed by atoms with Crippen LogP contribution in [0.2, 0.25) is 0 Å². The minimum Gasteiger partial charge on any atom is -0.264 e. The monoisotopic (exact) mass is 514 g/mol. The summed E-state index contributed by atoms with van der Waals surface area (Å²) < 4.78 is 0. The Bertz CT molecular complexity index is 2240. The van der Waals surface area contributed by atoms with E-state index < -0.39 is 0 Å². The van der Waals surface area contributed by atoms with Gasteiger partial charge in [0, 0.05) is 87.6 Å². The van der Waals surface area contributed by atoms with Gasteiger partial charge in [0.2, 0.25) is 0 Å². The van der Waals surface area contributed by atoms with Crippen LogP contribution < -0.4 is 0 Å². The Morgan fingerprint density at radius 3 is 2.38 bits per heavy atom. The summed E-state index contributed by atoms with van der Waals surface area (Å²) in [7, 11) is 0. The van der Waals surface area contributed by atoms with E-state index in [0.29, 0.717) is 11.3 Å². The van der Waals surface area contributed by atoms with Gasteiger partial charge in [0.1, 0.15) is 0 Å². The highest BCUT2D eigenvalue weighted by Gasteiger charge is 2.21. The second kappa shape index (κ2) is 8.92. The van der Waals surface area contributed by atoms with Crippen molar-refractivity contribution in [2.45, 2.75) is 0 Å². The Labute approximate surface area is 227 Å². The molecule has 0 radical (unpaired) electrons. The lowest BCUT2D eigenvalue weighted by molar-refractivity contribution is 1.25. The Kier molecular flexibility index (Phi) is 4.96. The molecule has 8 heterocycles. The number of fused-ring (bicyclic) bond motifs is 4. The molecule has 40 heavy (non-hydrogen) atoms. The van der Waals surface area contributed by atoms with Gasteiger partial charge >= 0.3 is 0 Å². The van der Waals surface area contributed by atoms with Crippen molar-refractivity contribution in [2.75, 3.05) is 0 Å². The summed E-state index contributed by atoms with van der Waals surface area (Å²) >= 11 is 0.